The van der Waals surface area contributed by atoms with E-state index in [1.54, 1.807) is 13.0 Å². The minimum atomic E-state index is -1.07. The molecule has 3 N–H and O–H groups in total. The lowest BCUT2D eigenvalue weighted by Gasteiger charge is -2.08. The second-order valence-corrected chi connectivity index (χ2v) is 3.45. The lowest BCUT2D eigenvalue weighted by molar-refractivity contribution is -0.131. The molecule has 0 atom stereocenters. The molecule has 0 bridgehead atoms. The van der Waals surface area contributed by atoms with Gasteiger partial charge in [-0.15, -0.1) is 0 Å². The summed E-state index contributed by atoms with van der Waals surface area (Å²) in [4.78, 5) is 21.8. The van der Waals surface area contributed by atoms with E-state index >= 15 is 0 Å². The van der Waals surface area contributed by atoms with Crippen LogP contribution in [-0.4, -0.2) is 24.2 Å². The summed E-state index contributed by atoms with van der Waals surface area (Å²) in [6.45, 7) is 1.70. The topological polar surface area (TPSA) is 89.6 Å². The number of rotatable bonds is 3. The third kappa shape index (κ3) is 3.07. The van der Waals surface area contributed by atoms with Gasteiger partial charge in [-0.25, -0.2) is 9.59 Å². The van der Waals surface area contributed by atoms with Crippen LogP contribution in [-0.2, 0) is 9.53 Å². The summed E-state index contributed by atoms with van der Waals surface area (Å²) >= 11 is 0. The van der Waals surface area contributed by atoms with Gasteiger partial charge >= 0.3 is 11.9 Å². The van der Waals surface area contributed by atoms with Crippen molar-refractivity contribution in [1.29, 1.82) is 0 Å². The number of aliphatic carboxylic acids is 1. The predicted molar refractivity (Wildman–Crippen MR) is 63.6 cm³/mol. The van der Waals surface area contributed by atoms with E-state index in [-0.39, 0.29) is 0 Å². The molecule has 1 aromatic rings. The summed E-state index contributed by atoms with van der Waals surface area (Å²) in [6, 6.07) is 3.14. The number of ether oxygens (including phenoxy) is 1. The van der Waals surface area contributed by atoms with Crippen molar-refractivity contribution in [3.8, 4) is 0 Å². The number of esters is 1. The summed E-state index contributed by atoms with van der Waals surface area (Å²) < 4.78 is 4.62. The van der Waals surface area contributed by atoms with E-state index in [1.807, 2.05) is 0 Å². The van der Waals surface area contributed by atoms with Crippen LogP contribution in [0.15, 0.2) is 18.2 Å². The number of methoxy groups -OCH3 is 1. The molecule has 0 saturated heterocycles. The van der Waals surface area contributed by atoms with Gasteiger partial charge < -0.3 is 15.6 Å². The van der Waals surface area contributed by atoms with Crippen molar-refractivity contribution in [3.63, 3.8) is 0 Å². The first-order chi connectivity index (χ1) is 7.95. The van der Waals surface area contributed by atoms with Gasteiger partial charge in [0.25, 0.3) is 0 Å². The van der Waals surface area contributed by atoms with Crippen LogP contribution in [0.5, 0.6) is 0 Å². The molecule has 0 heterocycles. The molecule has 0 spiro atoms. The van der Waals surface area contributed by atoms with Gasteiger partial charge in [-0.3, -0.25) is 0 Å². The highest BCUT2D eigenvalue weighted by Crippen LogP contribution is 2.20. The number of nitrogen functional groups attached to an aromatic ring is 1. The van der Waals surface area contributed by atoms with Gasteiger partial charge in [0.05, 0.1) is 12.7 Å². The molecule has 0 radical (unpaired) electrons. The highest BCUT2D eigenvalue weighted by Gasteiger charge is 2.12. The zero-order valence-electron chi connectivity index (χ0n) is 9.56. The zero-order valence-corrected chi connectivity index (χ0v) is 9.56. The standard InChI is InChI=1S/C12H13NO4/c1-7-9(12(16)17-2)5-8(6-10(7)13)3-4-11(14)15/h3-6H,13H2,1-2H3,(H,14,15). The molecular formula is C12H13NO4. The molecule has 0 saturated carbocycles. The fourth-order valence-electron chi connectivity index (χ4n) is 1.35. The number of carboxylic acid groups (broad SMARTS) is 1. The first-order valence-electron chi connectivity index (χ1n) is 4.85. The van der Waals surface area contributed by atoms with Crippen molar-refractivity contribution >= 4 is 23.7 Å². The van der Waals surface area contributed by atoms with Crippen LogP contribution in [0.1, 0.15) is 21.5 Å². The first kappa shape index (κ1) is 12.8. The number of nitrogens with two attached hydrogens (primary N) is 1. The van der Waals surface area contributed by atoms with Crippen LogP contribution < -0.4 is 5.73 Å². The Morgan fingerprint density at radius 3 is 2.59 bits per heavy atom. The molecule has 1 aromatic carbocycles. The molecule has 1 rings (SSSR count). The molecule has 17 heavy (non-hydrogen) atoms. The molecule has 0 aliphatic carbocycles. The van der Waals surface area contributed by atoms with Crippen LogP contribution in [0.25, 0.3) is 6.08 Å². The van der Waals surface area contributed by atoms with E-state index in [2.05, 4.69) is 4.74 Å². The SMILES string of the molecule is COC(=O)c1cc(C=CC(=O)O)cc(N)c1C. The molecule has 0 aliphatic rings. The lowest BCUT2D eigenvalue weighted by atomic mass is 10.0. The van der Waals surface area contributed by atoms with Crippen LogP contribution in [0.3, 0.4) is 0 Å². The zero-order chi connectivity index (χ0) is 13.0. The van der Waals surface area contributed by atoms with Gasteiger partial charge in [-0.2, -0.15) is 0 Å². The molecule has 0 aromatic heterocycles. The second-order valence-electron chi connectivity index (χ2n) is 3.45. The Bertz CT molecular complexity index is 492. The van der Waals surface area contributed by atoms with Crippen LogP contribution in [0.2, 0.25) is 0 Å². The van der Waals surface area contributed by atoms with Crippen molar-refractivity contribution in [1.82, 2.24) is 0 Å². The van der Waals surface area contributed by atoms with Gasteiger partial charge in [0.1, 0.15) is 0 Å². The largest absolute Gasteiger partial charge is 0.478 e. The molecule has 0 unspecified atom stereocenters. The van der Waals surface area contributed by atoms with Crippen molar-refractivity contribution in [2.45, 2.75) is 6.92 Å². The fraction of sp³-hybridized carbons (Fsp3) is 0.167. The minimum absolute atomic E-state index is 0.331. The Kier molecular flexibility index (Phi) is 3.87. The van der Waals surface area contributed by atoms with E-state index in [0.717, 1.165) is 6.08 Å². The van der Waals surface area contributed by atoms with Crippen molar-refractivity contribution < 1.29 is 19.4 Å². The lowest BCUT2D eigenvalue weighted by Crippen LogP contribution is -2.06. The minimum Gasteiger partial charge on any atom is -0.478 e. The summed E-state index contributed by atoms with van der Waals surface area (Å²) in [5, 5.41) is 8.51. The smallest absolute Gasteiger partial charge is 0.338 e. The number of hydrogen-bond donors (Lipinski definition) is 2. The van der Waals surface area contributed by atoms with Crippen LogP contribution in [0, 0.1) is 6.92 Å². The average Bonchev–Trinajstić information content (AvgIpc) is 2.29. The quantitative estimate of drug-likeness (QED) is 0.470. The Morgan fingerprint density at radius 2 is 2.06 bits per heavy atom. The van der Waals surface area contributed by atoms with Gasteiger partial charge in [0, 0.05) is 11.8 Å². The number of carboxylic acids is 1. The number of benzene rings is 1. The molecule has 5 nitrogen and oxygen atoms in total. The molecule has 0 amide bonds. The molecular weight excluding hydrogens is 222 g/mol. The summed E-state index contributed by atoms with van der Waals surface area (Å²) in [5.74, 6) is -1.57. The van der Waals surface area contributed by atoms with E-state index in [1.165, 1.54) is 19.3 Å². The average molecular weight is 235 g/mol. The van der Waals surface area contributed by atoms with Gasteiger partial charge in [0.2, 0.25) is 0 Å². The second kappa shape index (κ2) is 5.16. The van der Waals surface area contributed by atoms with Crippen LogP contribution >= 0.6 is 0 Å². The highest BCUT2D eigenvalue weighted by molar-refractivity contribution is 5.94. The number of carbonyl (C=O) groups is 2. The molecule has 0 aliphatic heterocycles. The molecule has 90 valence electrons. The third-order valence-corrected chi connectivity index (χ3v) is 2.29. The summed E-state index contributed by atoms with van der Waals surface area (Å²) in [5.41, 5.74) is 7.63. The van der Waals surface area contributed by atoms with E-state index in [0.29, 0.717) is 22.4 Å². The van der Waals surface area contributed by atoms with E-state index in [9.17, 15) is 9.59 Å². The van der Waals surface area contributed by atoms with Gasteiger partial charge in [-0.05, 0) is 36.3 Å². The third-order valence-electron chi connectivity index (χ3n) is 2.29. The van der Waals surface area contributed by atoms with Crippen molar-refractivity contribution in [2.24, 2.45) is 0 Å². The number of hydrogen-bond acceptors (Lipinski definition) is 4. The van der Waals surface area contributed by atoms with Crippen molar-refractivity contribution in [3.05, 3.63) is 34.9 Å². The Hall–Kier alpha value is -2.30. The fourth-order valence-corrected chi connectivity index (χ4v) is 1.35. The molecule has 0 fully saturated rings. The summed E-state index contributed by atoms with van der Waals surface area (Å²) in [7, 11) is 1.28. The highest BCUT2D eigenvalue weighted by atomic mass is 16.5. The maximum absolute atomic E-state index is 11.5. The Morgan fingerprint density at radius 1 is 1.41 bits per heavy atom. The van der Waals surface area contributed by atoms with Crippen LogP contribution in [0.4, 0.5) is 5.69 Å². The Balaban J connectivity index is 3.23. The van der Waals surface area contributed by atoms with E-state index in [4.69, 9.17) is 10.8 Å². The molecule has 5 heteroatoms. The first-order valence-corrected chi connectivity index (χ1v) is 4.85. The Labute approximate surface area is 98.5 Å². The maximum atomic E-state index is 11.5. The normalized spacial score (nSPS) is 10.5. The number of anilines is 1. The van der Waals surface area contributed by atoms with Gasteiger partial charge in [0.15, 0.2) is 0 Å². The summed E-state index contributed by atoms with van der Waals surface area (Å²) in [6.07, 6.45) is 2.34. The monoisotopic (exact) mass is 235 g/mol. The van der Waals surface area contributed by atoms with E-state index < -0.39 is 11.9 Å². The van der Waals surface area contributed by atoms with Crippen molar-refractivity contribution in [2.75, 3.05) is 12.8 Å². The van der Waals surface area contributed by atoms with Gasteiger partial charge in [-0.1, -0.05) is 0 Å². The maximum Gasteiger partial charge on any atom is 0.338 e. The number of carbonyl (C=O) groups excluding carboxylic acids is 1. The predicted octanol–water partition coefficient (Wildman–Crippen LogP) is 1.46.